The summed E-state index contributed by atoms with van der Waals surface area (Å²) in [6, 6.07) is 6.36. The van der Waals surface area contributed by atoms with E-state index in [1.165, 1.54) is 11.0 Å². The van der Waals surface area contributed by atoms with Gasteiger partial charge in [0.25, 0.3) is 10.0 Å². The molecule has 7 nitrogen and oxygen atoms in total. The summed E-state index contributed by atoms with van der Waals surface area (Å²) >= 11 is 0. The number of aliphatic hydroxyl groups excluding tert-OH is 1. The molecule has 0 amide bonds. The van der Waals surface area contributed by atoms with E-state index in [0.717, 1.165) is 6.34 Å². The first-order chi connectivity index (χ1) is 9.94. The molecule has 0 aliphatic carbocycles. The Kier molecular flexibility index (Phi) is 4.59. The highest BCUT2D eigenvalue weighted by molar-refractivity contribution is 7.90. The van der Waals surface area contributed by atoms with Crippen molar-refractivity contribution in [3.63, 3.8) is 0 Å². The molecule has 1 aromatic carbocycles. The molecule has 8 heteroatoms. The number of β-amino-alcohol motifs (C(OH)–C–C–N with tert-alkyl or cyclic N) is 1. The number of nitrogens with zero attached hydrogens (tertiary/aromatic N) is 2. The van der Waals surface area contributed by atoms with Gasteiger partial charge in [0.2, 0.25) is 0 Å². The number of hydrogen-bond acceptors (Lipinski definition) is 6. The predicted octanol–water partition coefficient (Wildman–Crippen LogP) is 0.538. The maximum absolute atomic E-state index is 11.8. The van der Waals surface area contributed by atoms with Crippen LogP contribution in [0.1, 0.15) is 13.3 Å². The van der Waals surface area contributed by atoms with Gasteiger partial charge in [0.15, 0.2) is 0 Å². The standard InChI is InChI=1S/C13H16N2O5S/c1-2-20-13(17)7-10(16)8-15-9-14-21(18,19)12-6-4-3-5-11(12)15/h3-6,9-10,16H,2,7-8H2,1H3. The smallest absolute Gasteiger partial charge is 0.308 e. The Morgan fingerprint density at radius 3 is 2.86 bits per heavy atom. The van der Waals surface area contributed by atoms with Crippen molar-refractivity contribution >= 4 is 28.0 Å². The summed E-state index contributed by atoms with van der Waals surface area (Å²) in [5, 5.41) is 9.90. The maximum atomic E-state index is 11.8. The molecule has 0 aromatic heterocycles. The number of ether oxygens (including phenoxy) is 1. The summed E-state index contributed by atoms with van der Waals surface area (Å²) in [6.07, 6.45) is 0.00318. The molecule has 1 aliphatic heterocycles. The molecule has 1 aromatic rings. The minimum Gasteiger partial charge on any atom is -0.466 e. The third-order valence-corrected chi connectivity index (χ3v) is 4.17. The average molecular weight is 312 g/mol. The molecule has 0 saturated heterocycles. The van der Waals surface area contributed by atoms with Crippen molar-refractivity contribution in [1.82, 2.24) is 0 Å². The van der Waals surface area contributed by atoms with Gasteiger partial charge in [0, 0.05) is 0 Å². The monoisotopic (exact) mass is 312 g/mol. The SMILES string of the molecule is CCOC(=O)CC(O)CN1C=NS(=O)(=O)c2ccccc21. The van der Waals surface area contributed by atoms with Crippen molar-refractivity contribution in [3.05, 3.63) is 24.3 Å². The summed E-state index contributed by atoms with van der Waals surface area (Å²) in [5.41, 5.74) is 0.426. The van der Waals surface area contributed by atoms with Gasteiger partial charge in [-0.15, -0.1) is 4.40 Å². The van der Waals surface area contributed by atoms with Crippen LogP contribution in [0.2, 0.25) is 0 Å². The van der Waals surface area contributed by atoms with Crippen LogP contribution in [-0.2, 0) is 19.6 Å². The number of carbonyl (C=O) groups is 1. The van der Waals surface area contributed by atoms with Crippen molar-refractivity contribution in [2.24, 2.45) is 4.40 Å². The Hall–Kier alpha value is -1.93. The van der Waals surface area contributed by atoms with Crippen LogP contribution < -0.4 is 4.90 Å². The van der Waals surface area contributed by atoms with Gasteiger partial charge in [0.05, 0.1) is 31.4 Å². The Morgan fingerprint density at radius 2 is 2.14 bits per heavy atom. The Labute approximate surface area is 122 Å². The lowest BCUT2D eigenvalue weighted by Gasteiger charge is -2.26. The summed E-state index contributed by atoms with van der Waals surface area (Å²) in [6.45, 7) is 1.98. The zero-order chi connectivity index (χ0) is 15.5. The minimum absolute atomic E-state index is 0.0504. The second-order valence-electron chi connectivity index (χ2n) is 4.48. The molecule has 0 radical (unpaired) electrons. The molecule has 1 aliphatic rings. The van der Waals surface area contributed by atoms with Crippen LogP contribution in [-0.4, -0.2) is 45.1 Å². The molecular formula is C13H16N2O5S. The fourth-order valence-corrected chi connectivity index (χ4v) is 3.05. The zero-order valence-corrected chi connectivity index (χ0v) is 12.3. The van der Waals surface area contributed by atoms with Crippen molar-refractivity contribution in [1.29, 1.82) is 0 Å². The molecular weight excluding hydrogens is 296 g/mol. The summed E-state index contributed by atoms with van der Waals surface area (Å²) in [7, 11) is -3.69. The largest absolute Gasteiger partial charge is 0.466 e. The van der Waals surface area contributed by atoms with Crippen molar-refractivity contribution in [3.8, 4) is 0 Å². The molecule has 0 bridgehead atoms. The lowest BCUT2D eigenvalue weighted by molar-refractivity contribution is -0.145. The van der Waals surface area contributed by atoms with Crippen LogP contribution in [0.15, 0.2) is 33.6 Å². The van der Waals surface area contributed by atoms with E-state index in [1.807, 2.05) is 0 Å². The van der Waals surface area contributed by atoms with Crippen LogP contribution in [0, 0.1) is 0 Å². The lowest BCUT2D eigenvalue weighted by atomic mass is 10.2. The van der Waals surface area contributed by atoms with E-state index in [0.29, 0.717) is 5.69 Å². The number of hydrogen-bond donors (Lipinski definition) is 1. The number of sulfonamides is 1. The molecule has 0 fully saturated rings. The molecule has 1 heterocycles. The van der Waals surface area contributed by atoms with Gasteiger partial charge < -0.3 is 14.7 Å². The molecule has 21 heavy (non-hydrogen) atoms. The number of anilines is 1. The van der Waals surface area contributed by atoms with Gasteiger partial charge in [0.1, 0.15) is 11.2 Å². The van der Waals surface area contributed by atoms with E-state index in [9.17, 15) is 18.3 Å². The Bertz CT molecular complexity index is 656. The molecule has 0 saturated carbocycles. The Morgan fingerprint density at radius 1 is 1.43 bits per heavy atom. The summed E-state index contributed by atoms with van der Waals surface area (Å²) < 4.78 is 31.9. The summed E-state index contributed by atoms with van der Waals surface area (Å²) in [5.74, 6) is -0.500. The third kappa shape index (κ3) is 3.59. The highest BCUT2D eigenvalue weighted by Gasteiger charge is 2.26. The fraction of sp³-hybridized carbons (Fsp3) is 0.385. The normalized spacial score (nSPS) is 17.1. The van der Waals surface area contributed by atoms with Gasteiger partial charge in [-0.1, -0.05) is 12.1 Å². The molecule has 1 atom stereocenters. The van der Waals surface area contributed by atoms with Gasteiger partial charge in [-0.3, -0.25) is 4.79 Å². The number of esters is 1. The van der Waals surface area contributed by atoms with Gasteiger partial charge in [-0.25, -0.2) is 0 Å². The van der Waals surface area contributed by atoms with Gasteiger partial charge in [-0.2, -0.15) is 8.42 Å². The van der Waals surface area contributed by atoms with E-state index in [2.05, 4.69) is 4.40 Å². The molecule has 114 valence electrons. The van der Waals surface area contributed by atoms with E-state index in [1.54, 1.807) is 25.1 Å². The van der Waals surface area contributed by atoms with Crippen LogP contribution in [0.4, 0.5) is 5.69 Å². The highest BCUT2D eigenvalue weighted by Crippen LogP contribution is 2.29. The van der Waals surface area contributed by atoms with E-state index < -0.39 is 22.1 Å². The van der Waals surface area contributed by atoms with Gasteiger partial charge in [-0.05, 0) is 19.1 Å². The van der Waals surface area contributed by atoms with Crippen LogP contribution in [0.3, 0.4) is 0 Å². The first kappa shape index (κ1) is 15.5. The Balaban J connectivity index is 2.13. The van der Waals surface area contributed by atoms with E-state index in [-0.39, 0.29) is 24.5 Å². The third-order valence-electron chi connectivity index (χ3n) is 2.89. The highest BCUT2D eigenvalue weighted by atomic mass is 32.2. The molecule has 0 spiro atoms. The number of fused-ring (bicyclic) bond motifs is 1. The number of para-hydroxylation sites is 1. The summed E-state index contributed by atoms with van der Waals surface area (Å²) in [4.78, 5) is 12.9. The van der Waals surface area contributed by atoms with E-state index in [4.69, 9.17) is 4.74 Å². The van der Waals surface area contributed by atoms with Crippen molar-refractivity contribution < 1.29 is 23.1 Å². The maximum Gasteiger partial charge on any atom is 0.308 e. The average Bonchev–Trinajstić information content (AvgIpc) is 2.42. The number of aliphatic hydroxyl groups is 1. The number of carbonyl (C=O) groups excluding carboxylic acids is 1. The molecule has 1 N–H and O–H groups in total. The van der Waals surface area contributed by atoms with Crippen molar-refractivity contribution in [2.75, 3.05) is 18.1 Å². The number of rotatable bonds is 5. The van der Waals surface area contributed by atoms with Crippen LogP contribution in [0.5, 0.6) is 0 Å². The predicted molar refractivity (Wildman–Crippen MR) is 76.7 cm³/mol. The second kappa shape index (κ2) is 6.23. The topological polar surface area (TPSA) is 96.3 Å². The second-order valence-corrected chi connectivity index (χ2v) is 6.08. The lowest BCUT2D eigenvalue weighted by Crippen LogP contribution is -2.35. The van der Waals surface area contributed by atoms with Crippen LogP contribution in [0.25, 0.3) is 0 Å². The van der Waals surface area contributed by atoms with Crippen LogP contribution >= 0.6 is 0 Å². The van der Waals surface area contributed by atoms with E-state index >= 15 is 0 Å². The fourth-order valence-electron chi connectivity index (χ4n) is 2.00. The zero-order valence-electron chi connectivity index (χ0n) is 11.5. The van der Waals surface area contributed by atoms with Crippen molar-refractivity contribution in [2.45, 2.75) is 24.3 Å². The number of benzene rings is 1. The first-order valence-corrected chi connectivity index (χ1v) is 7.88. The quantitative estimate of drug-likeness (QED) is 0.797. The molecule has 2 rings (SSSR count). The van der Waals surface area contributed by atoms with Gasteiger partial charge >= 0.3 is 5.97 Å². The first-order valence-electron chi connectivity index (χ1n) is 6.44. The molecule has 1 unspecified atom stereocenters. The minimum atomic E-state index is -3.69.